The highest BCUT2D eigenvalue weighted by molar-refractivity contribution is 6.31. The molecule has 0 aliphatic heterocycles. The van der Waals surface area contributed by atoms with Crippen molar-refractivity contribution in [1.29, 1.82) is 0 Å². The molecular formula is C17H28ClN. The molecule has 1 N–H and O–H groups in total. The highest BCUT2D eigenvalue weighted by Crippen LogP contribution is 2.31. The normalized spacial score (nSPS) is 12.9. The fraction of sp³-hybridized carbons (Fsp3) is 0.647. The lowest BCUT2D eigenvalue weighted by atomic mass is 9.86. The lowest BCUT2D eigenvalue weighted by molar-refractivity contribution is 0.320. The smallest absolute Gasteiger partial charge is 0.0438 e. The number of aryl methyl sites for hydroxylation is 1. The van der Waals surface area contributed by atoms with Crippen LogP contribution in [0.1, 0.15) is 63.6 Å². The van der Waals surface area contributed by atoms with Crippen molar-refractivity contribution in [3.8, 4) is 0 Å². The Morgan fingerprint density at radius 1 is 1.11 bits per heavy atom. The monoisotopic (exact) mass is 281 g/mol. The van der Waals surface area contributed by atoms with Crippen molar-refractivity contribution in [2.45, 2.75) is 59.4 Å². The number of rotatable bonds is 8. The van der Waals surface area contributed by atoms with E-state index in [-0.39, 0.29) is 0 Å². The average Bonchev–Trinajstić information content (AvgIpc) is 2.39. The Morgan fingerprint density at radius 3 is 2.21 bits per heavy atom. The number of halogens is 1. The van der Waals surface area contributed by atoms with Crippen LogP contribution in [0.3, 0.4) is 0 Å². The molecule has 0 saturated carbocycles. The summed E-state index contributed by atoms with van der Waals surface area (Å²) in [6.07, 6.45) is 5.03. The largest absolute Gasteiger partial charge is 0.310 e. The molecule has 1 rings (SSSR count). The Bertz CT molecular complexity index is 370. The summed E-state index contributed by atoms with van der Waals surface area (Å²) < 4.78 is 0. The second kappa shape index (κ2) is 8.60. The molecule has 0 amide bonds. The third-order valence-corrected chi connectivity index (χ3v) is 4.18. The van der Waals surface area contributed by atoms with Gasteiger partial charge in [0.1, 0.15) is 0 Å². The van der Waals surface area contributed by atoms with Crippen molar-refractivity contribution in [1.82, 2.24) is 5.32 Å². The van der Waals surface area contributed by atoms with E-state index in [1.54, 1.807) is 0 Å². The van der Waals surface area contributed by atoms with Crippen molar-refractivity contribution in [3.63, 3.8) is 0 Å². The molecule has 0 radical (unpaired) electrons. The summed E-state index contributed by atoms with van der Waals surface area (Å²) in [4.78, 5) is 0. The average molecular weight is 282 g/mol. The van der Waals surface area contributed by atoms with Crippen LogP contribution in [0.4, 0.5) is 0 Å². The second-order valence-electron chi connectivity index (χ2n) is 5.38. The maximum Gasteiger partial charge on any atom is 0.0438 e. The van der Waals surface area contributed by atoms with E-state index < -0.39 is 0 Å². The Hall–Kier alpha value is -0.530. The summed E-state index contributed by atoms with van der Waals surface area (Å²) in [6.45, 7) is 9.78. The van der Waals surface area contributed by atoms with Gasteiger partial charge in [0, 0.05) is 11.1 Å². The zero-order chi connectivity index (χ0) is 14.3. The van der Waals surface area contributed by atoms with E-state index in [1.807, 2.05) is 0 Å². The first-order valence-electron chi connectivity index (χ1n) is 7.63. The third-order valence-electron chi connectivity index (χ3n) is 3.77. The standard InChI is InChI=1S/C17H28ClN/c1-5-8-14(9-6-2)17(19-7-3)15-11-10-13(4)16(18)12-15/h10-12,14,17,19H,5-9H2,1-4H3. The Balaban J connectivity index is 2.98. The minimum atomic E-state index is 0.433. The van der Waals surface area contributed by atoms with E-state index in [4.69, 9.17) is 11.6 Å². The molecule has 0 aliphatic rings. The van der Waals surface area contributed by atoms with Gasteiger partial charge in [0.05, 0.1) is 0 Å². The maximum atomic E-state index is 6.29. The van der Waals surface area contributed by atoms with E-state index in [2.05, 4.69) is 51.2 Å². The fourth-order valence-corrected chi connectivity index (χ4v) is 2.99. The van der Waals surface area contributed by atoms with E-state index in [0.717, 1.165) is 17.1 Å². The van der Waals surface area contributed by atoms with Crippen molar-refractivity contribution in [2.24, 2.45) is 5.92 Å². The Morgan fingerprint density at radius 2 is 1.74 bits per heavy atom. The van der Waals surface area contributed by atoms with Gasteiger partial charge in [-0.15, -0.1) is 0 Å². The molecule has 1 aromatic rings. The topological polar surface area (TPSA) is 12.0 Å². The van der Waals surface area contributed by atoms with Gasteiger partial charge in [-0.25, -0.2) is 0 Å². The highest BCUT2D eigenvalue weighted by Gasteiger charge is 2.21. The van der Waals surface area contributed by atoms with Crippen LogP contribution in [-0.4, -0.2) is 6.54 Å². The molecule has 19 heavy (non-hydrogen) atoms. The molecule has 0 saturated heterocycles. The van der Waals surface area contributed by atoms with E-state index >= 15 is 0 Å². The first-order chi connectivity index (χ1) is 9.13. The molecule has 108 valence electrons. The highest BCUT2D eigenvalue weighted by atomic mass is 35.5. The van der Waals surface area contributed by atoms with Crippen LogP contribution in [0.2, 0.25) is 5.02 Å². The van der Waals surface area contributed by atoms with Crippen molar-refractivity contribution in [3.05, 3.63) is 34.3 Å². The summed E-state index contributed by atoms with van der Waals surface area (Å²) in [6, 6.07) is 6.94. The predicted octanol–water partition coefficient (Wildman–Crippen LogP) is 5.52. The summed E-state index contributed by atoms with van der Waals surface area (Å²) >= 11 is 6.29. The van der Waals surface area contributed by atoms with Crippen molar-refractivity contribution < 1.29 is 0 Å². The minimum Gasteiger partial charge on any atom is -0.310 e. The quantitative estimate of drug-likeness (QED) is 0.662. The molecule has 0 heterocycles. The van der Waals surface area contributed by atoms with Gasteiger partial charge >= 0.3 is 0 Å². The molecule has 0 aliphatic carbocycles. The first kappa shape index (κ1) is 16.5. The van der Waals surface area contributed by atoms with Crippen molar-refractivity contribution >= 4 is 11.6 Å². The van der Waals surface area contributed by atoms with E-state index in [9.17, 15) is 0 Å². The molecule has 1 unspecified atom stereocenters. The molecule has 0 fully saturated rings. The first-order valence-corrected chi connectivity index (χ1v) is 8.01. The second-order valence-corrected chi connectivity index (χ2v) is 5.79. The molecule has 1 atom stereocenters. The molecule has 2 heteroatoms. The van der Waals surface area contributed by atoms with Gasteiger partial charge in [0.2, 0.25) is 0 Å². The lowest BCUT2D eigenvalue weighted by Crippen LogP contribution is -2.28. The maximum absolute atomic E-state index is 6.29. The van der Waals surface area contributed by atoms with Gasteiger partial charge in [-0.1, -0.05) is 57.3 Å². The van der Waals surface area contributed by atoms with Crippen LogP contribution in [-0.2, 0) is 0 Å². The molecular weight excluding hydrogens is 254 g/mol. The number of hydrogen-bond acceptors (Lipinski definition) is 1. The van der Waals surface area contributed by atoms with Crippen LogP contribution in [0.15, 0.2) is 18.2 Å². The summed E-state index contributed by atoms with van der Waals surface area (Å²) in [5.41, 5.74) is 2.49. The summed E-state index contributed by atoms with van der Waals surface area (Å²) in [7, 11) is 0. The zero-order valence-corrected chi connectivity index (χ0v) is 13.6. The van der Waals surface area contributed by atoms with Crippen LogP contribution in [0.25, 0.3) is 0 Å². The Labute approximate surface area is 123 Å². The third kappa shape index (κ3) is 4.81. The SMILES string of the molecule is CCCC(CCC)C(NCC)c1ccc(C)c(Cl)c1. The predicted molar refractivity (Wildman–Crippen MR) is 85.9 cm³/mol. The molecule has 0 aromatic heterocycles. The minimum absolute atomic E-state index is 0.433. The number of benzene rings is 1. The van der Waals surface area contributed by atoms with Gasteiger partial charge in [-0.2, -0.15) is 0 Å². The van der Waals surface area contributed by atoms with E-state index in [1.165, 1.54) is 31.2 Å². The van der Waals surface area contributed by atoms with Gasteiger partial charge in [-0.05, 0) is 49.4 Å². The van der Waals surface area contributed by atoms with E-state index in [0.29, 0.717) is 12.0 Å². The van der Waals surface area contributed by atoms with Crippen molar-refractivity contribution in [2.75, 3.05) is 6.54 Å². The van der Waals surface area contributed by atoms with Crippen LogP contribution in [0, 0.1) is 12.8 Å². The summed E-state index contributed by atoms with van der Waals surface area (Å²) in [5, 5.41) is 4.54. The molecule has 0 spiro atoms. The summed E-state index contributed by atoms with van der Waals surface area (Å²) in [5.74, 6) is 0.703. The lowest BCUT2D eigenvalue weighted by Gasteiger charge is -2.28. The fourth-order valence-electron chi connectivity index (χ4n) is 2.80. The number of hydrogen-bond donors (Lipinski definition) is 1. The molecule has 1 aromatic carbocycles. The van der Waals surface area contributed by atoms with Crippen LogP contribution in [0.5, 0.6) is 0 Å². The van der Waals surface area contributed by atoms with Gasteiger partial charge in [0.15, 0.2) is 0 Å². The molecule has 0 bridgehead atoms. The zero-order valence-electron chi connectivity index (χ0n) is 12.8. The van der Waals surface area contributed by atoms with Gasteiger partial charge < -0.3 is 5.32 Å². The van der Waals surface area contributed by atoms with Gasteiger partial charge in [0.25, 0.3) is 0 Å². The molecule has 1 nitrogen and oxygen atoms in total. The van der Waals surface area contributed by atoms with Crippen LogP contribution < -0.4 is 5.32 Å². The van der Waals surface area contributed by atoms with Crippen LogP contribution >= 0.6 is 11.6 Å². The van der Waals surface area contributed by atoms with Gasteiger partial charge in [-0.3, -0.25) is 0 Å². The number of nitrogens with one attached hydrogen (secondary N) is 1. The Kier molecular flexibility index (Phi) is 7.48.